The van der Waals surface area contributed by atoms with Gasteiger partial charge in [-0.05, 0) is 6.92 Å². The van der Waals surface area contributed by atoms with Gasteiger partial charge in [-0.3, -0.25) is 0 Å². The van der Waals surface area contributed by atoms with E-state index >= 15 is 0 Å². The van der Waals surface area contributed by atoms with E-state index < -0.39 is 0 Å². The minimum Gasteiger partial charge on any atom is -0.411 e. The van der Waals surface area contributed by atoms with Gasteiger partial charge in [0, 0.05) is 9.99 Å². The van der Waals surface area contributed by atoms with E-state index in [0.717, 1.165) is 15.7 Å². The highest BCUT2D eigenvalue weighted by Crippen LogP contribution is 2.07. The van der Waals surface area contributed by atoms with Crippen LogP contribution in [0, 0.1) is 6.92 Å². The van der Waals surface area contributed by atoms with Crippen LogP contribution >= 0.6 is 22.6 Å². The summed E-state index contributed by atoms with van der Waals surface area (Å²) in [4.78, 5) is 0. The Kier molecular flexibility index (Phi) is 3.52. The van der Waals surface area contributed by atoms with Crippen LogP contribution in [-0.2, 0) is 0 Å². The van der Waals surface area contributed by atoms with Crippen LogP contribution in [0.3, 0.4) is 0 Å². The highest BCUT2D eigenvalue weighted by Gasteiger charge is 2.01. The van der Waals surface area contributed by atoms with Crippen LogP contribution in [0.1, 0.15) is 11.1 Å². The monoisotopic (exact) mass is 275 g/mol. The van der Waals surface area contributed by atoms with Gasteiger partial charge in [-0.15, -0.1) is 0 Å². The molecule has 0 atom stereocenters. The Morgan fingerprint density at radius 3 is 2.83 bits per heavy atom. The Morgan fingerprint density at radius 1 is 1.58 bits per heavy atom. The van der Waals surface area contributed by atoms with Crippen LogP contribution in [0.5, 0.6) is 0 Å². The number of hydrogen-bond acceptors (Lipinski definition) is 2. The molecule has 0 radical (unpaired) electrons. The van der Waals surface area contributed by atoms with Gasteiger partial charge >= 0.3 is 0 Å². The molecule has 0 bridgehead atoms. The van der Waals surface area contributed by atoms with E-state index in [1.165, 1.54) is 5.56 Å². The molecular weight excluding hydrogens is 265 g/mol. The molecule has 0 amide bonds. The molecule has 0 saturated carbocycles. The smallest absolute Gasteiger partial charge is 0.0965 e. The van der Waals surface area contributed by atoms with Crippen molar-refractivity contribution in [3.63, 3.8) is 0 Å². The Labute approximate surface area is 85.4 Å². The number of alkyl halides is 1. The summed E-state index contributed by atoms with van der Waals surface area (Å²) in [5, 5.41) is 11.9. The van der Waals surface area contributed by atoms with Crippen molar-refractivity contribution in [3.8, 4) is 0 Å². The van der Waals surface area contributed by atoms with Crippen LogP contribution in [0.4, 0.5) is 0 Å². The van der Waals surface area contributed by atoms with Crippen LogP contribution in [0.15, 0.2) is 29.4 Å². The second-order valence-electron chi connectivity index (χ2n) is 2.55. The number of rotatable bonds is 2. The van der Waals surface area contributed by atoms with Crippen LogP contribution in [0.25, 0.3) is 0 Å². The summed E-state index contributed by atoms with van der Waals surface area (Å²) >= 11 is 2.17. The van der Waals surface area contributed by atoms with Gasteiger partial charge in [0.1, 0.15) is 0 Å². The van der Waals surface area contributed by atoms with E-state index in [-0.39, 0.29) is 0 Å². The lowest BCUT2D eigenvalue weighted by Crippen LogP contribution is -2.01. The van der Waals surface area contributed by atoms with Crippen molar-refractivity contribution in [2.75, 3.05) is 4.43 Å². The lowest BCUT2D eigenvalue weighted by molar-refractivity contribution is 0.319. The zero-order valence-corrected chi connectivity index (χ0v) is 8.95. The minimum absolute atomic E-state index is 0.720. The number of benzene rings is 1. The van der Waals surface area contributed by atoms with Crippen molar-refractivity contribution in [3.05, 3.63) is 35.4 Å². The number of oxime groups is 1. The van der Waals surface area contributed by atoms with Crippen molar-refractivity contribution < 1.29 is 5.21 Å². The maximum atomic E-state index is 8.65. The molecule has 0 saturated heterocycles. The van der Waals surface area contributed by atoms with Crippen molar-refractivity contribution >= 4 is 28.3 Å². The molecule has 0 heterocycles. The van der Waals surface area contributed by atoms with E-state index in [1.807, 2.05) is 31.2 Å². The molecule has 0 aliphatic heterocycles. The predicted octanol–water partition coefficient (Wildman–Crippen LogP) is 2.61. The molecule has 64 valence electrons. The van der Waals surface area contributed by atoms with E-state index in [9.17, 15) is 0 Å². The second-order valence-corrected chi connectivity index (χ2v) is 3.31. The van der Waals surface area contributed by atoms with Crippen molar-refractivity contribution in [2.45, 2.75) is 6.92 Å². The average Bonchev–Trinajstić information content (AvgIpc) is 2.07. The zero-order valence-electron chi connectivity index (χ0n) is 6.79. The fourth-order valence-electron chi connectivity index (χ4n) is 0.986. The van der Waals surface area contributed by atoms with E-state index in [4.69, 9.17) is 5.21 Å². The molecule has 1 aromatic rings. The second kappa shape index (κ2) is 4.45. The summed E-state index contributed by atoms with van der Waals surface area (Å²) in [7, 11) is 0. The maximum absolute atomic E-state index is 8.65. The van der Waals surface area contributed by atoms with Crippen molar-refractivity contribution in [1.29, 1.82) is 0 Å². The lowest BCUT2D eigenvalue weighted by Gasteiger charge is -2.00. The maximum Gasteiger partial charge on any atom is 0.0965 e. The first-order valence-electron chi connectivity index (χ1n) is 3.62. The third kappa shape index (κ3) is 2.20. The van der Waals surface area contributed by atoms with Crippen LogP contribution < -0.4 is 0 Å². The zero-order chi connectivity index (χ0) is 8.97. The highest BCUT2D eigenvalue weighted by atomic mass is 127. The summed E-state index contributed by atoms with van der Waals surface area (Å²) in [5.74, 6) is 0. The van der Waals surface area contributed by atoms with Gasteiger partial charge in [-0.1, -0.05) is 57.6 Å². The Hall–Kier alpha value is -0.580. The first kappa shape index (κ1) is 9.51. The van der Waals surface area contributed by atoms with Crippen molar-refractivity contribution in [1.82, 2.24) is 0 Å². The fourth-order valence-corrected chi connectivity index (χ4v) is 1.58. The number of nitrogens with zero attached hydrogens (tertiary/aromatic N) is 1. The molecule has 2 nitrogen and oxygen atoms in total. The summed E-state index contributed by atoms with van der Waals surface area (Å²) in [6, 6.07) is 7.93. The summed E-state index contributed by atoms with van der Waals surface area (Å²) in [5.41, 5.74) is 2.89. The molecule has 1 rings (SSSR count). The lowest BCUT2D eigenvalue weighted by atomic mass is 10.1. The standard InChI is InChI=1S/C9H10INO/c1-7-3-2-4-8(5-7)9(6-10)11-12/h2-5,12H,6H2,1H3/b11-9-. The van der Waals surface area contributed by atoms with E-state index in [0.29, 0.717) is 0 Å². The number of hydrogen-bond donors (Lipinski definition) is 1. The topological polar surface area (TPSA) is 32.6 Å². The van der Waals surface area contributed by atoms with Gasteiger partial charge in [-0.2, -0.15) is 0 Å². The normalized spacial score (nSPS) is 11.7. The molecule has 0 aliphatic rings. The molecule has 1 aromatic carbocycles. The molecule has 12 heavy (non-hydrogen) atoms. The Bertz CT molecular complexity index is 296. The largest absolute Gasteiger partial charge is 0.411 e. The van der Waals surface area contributed by atoms with Crippen molar-refractivity contribution in [2.24, 2.45) is 5.16 Å². The van der Waals surface area contributed by atoms with E-state index in [2.05, 4.69) is 27.7 Å². The summed E-state index contributed by atoms with van der Waals surface area (Å²) in [6.07, 6.45) is 0. The minimum atomic E-state index is 0.720. The van der Waals surface area contributed by atoms with E-state index in [1.54, 1.807) is 0 Å². The molecule has 3 heteroatoms. The predicted molar refractivity (Wildman–Crippen MR) is 58.4 cm³/mol. The third-order valence-corrected chi connectivity index (χ3v) is 2.32. The quantitative estimate of drug-likeness (QED) is 0.291. The number of aryl methyl sites for hydroxylation is 1. The summed E-state index contributed by atoms with van der Waals surface area (Å²) in [6.45, 7) is 2.02. The molecular formula is C9H10INO. The SMILES string of the molecule is Cc1cccc(/C(CI)=N\O)c1. The Balaban J connectivity index is 3.02. The third-order valence-electron chi connectivity index (χ3n) is 1.60. The molecule has 0 unspecified atom stereocenters. The molecule has 0 fully saturated rings. The van der Waals surface area contributed by atoms with Gasteiger partial charge in [0.2, 0.25) is 0 Å². The van der Waals surface area contributed by atoms with Gasteiger partial charge < -0.3 is 5.21 Å². The molecule has 0 aliphatic carbocycles. The first-order valence-corrected chi connectivity index (χ1v) is 5.14. The van der Waals surface area contributed by atoms with Gasteiger partial charge in [0.15, 0.2) is 0 Å². The van der Waals surface area contributed by atoms with Gasteiger partial charge in [0.05, 0.1) is 5.71 Å². The highest BCUT2D eigenvalue weighted by molar-refractivity contribution is 14.1. The molecule has 0 spiro atoms. The summed E-state index contributed by atoms with van der Waals surface area (Å²) < 4.78 is 0.720. The van der Waals surface area contributed by atoms with Gasteiger partial charge in [-0.25, -0.2) is 0 Å². The van der Waals surface area contributed by atoms with Crippen LogP contribution in [0.2, 0.25) is 0 Å². The average molecular weight is 275 g/mol. The first-order chi connectivity index (χ1) is 5.77. The fraction of sp³-hybridized carbons (Fsp3) is 0.222. The number of halogens is 1. The molecule has 0 aromatic heterocycles. The Morgan fingerprint density at radius 2 is 2.33 bits per heavy atom. The van der Waals surface area contributed by atoms with Crippen LogP contribution in [-0.4, -0.2) is 15.3 Å². The van der Waals surface area contributed by atoms with Gasteiger partial charge in [0.25, 0.3) is 0 Å². The molecule has 1 N–H and O–H groups in total.